The van der Waals surface area contributed by atoms with Gasteiger partial charge in [0.1, 0.15) is 5.75 Å². The van der Waals surface area contributed by atoms with Gasteiger partial charge in [-0.15, -0.1) is 0 Å². The summed E-state index contributed by atoms with van der Waals surface area (Å²) in [5.41, 5.74) is 1.91. The first kappa shape index (κ1) is 37.3. The lowest BCUT2D eigenvalue weighted by molar-refractivity contribution is -0.0177. The Balaban J connectivity index is 1.56. The number of hydrogen-bond acceptors (Lipinski definition) is 6. The number of carbonyl (C=O) groups is 2. The highest BCUT2D eigenvalue weighted by molar-refractivity contribution is 6.42. The predicted molar refractivity (Wildman–Crippen MR) is 189 cm³/mol. The molecule has 2 aromatic carbocycles. The van der Waals surface area contributed by atoms with E-state index in [1.165, 1.54) is 6.42 Å². The first-order valence-corrected chi connectivity index (χ1v) is 17.8. The molecule has 0 spiro atoms. The van der Waals surface area contributed by atoms with Gasteiger partial charge in [0.05, 0.1) is 40.5 Å². The fourth-order valence-corrected chi connectivity index (χ4v) is 6.70. The first-order chi connectivity index (χ1) is 22.5. The Morgan fingerprint density at radius 2 is 1.79 bits per heavy atom. The SMILES string of the molecule is C[C@@H]1CN([C@@H](C)CO)C(=O)c2cc(NC(=O)NC3CCCCC3)ccc2O[C@@H](C)CCCCO[C@H]1CN(C)Cc1ccc(Cl)c(Cl)c1. The molecule has 1 aliphatic carbocycles. The predicted octanol–water partition coefficient (Wildman–Crippen LogP) is 7.38. The molecule has 11 heteroatoms. The maximum absolute atomic E-state index is 14.4. The molecule has 2 aromatic rings. The fourth-order valence-electron chi connectivity index (χ4n) is 6.38. The van der Waals surface area contributed by atoms with E-state index in [9.17, 15) is 14.7 Å². The van der Waals surface area contributed by atoms with E-state index in [-0.39, 0.29) is 42.7 Å². The second kappa shape index (κ2) is 18.3. The zero-order valence-electron chi connectivity index (χ0n) is 28.3. The average molecular weight is 692 g/mol. The van der Waals surface area contributed by atoms with Gasteiger partial charge in [-0.05, 0) is 88.9 Å². The number of aliphatic hydroxyl groups is 1. The van der Waals surface area contributed by atoms with Crippen molar-refractivity contribution in [2.24, 2.45) is 5.92 Å². The van der Waals surface area contributed by atoms with Gasteiger partial charge in [0.15, 0.2) is 0 Å². The number of nitrogens with one attached hydrogen (secondary N) is 2. The number of ether oxygens (including phenoxy) is 2. The van der Waals surface area contributed by atoms with Crippen molar-refractivity contribution in [1.82, 2.24) is 15.1 Å². The van der Waals surface area contributed by atoms with E-state index in [2.05, 4.69) is 22.5 Å². The zero-order chi connectivity index (χ0) is 33.9. The molecule has 2 aliphatic rings. The third kappa shape index (κ3) is 11.2. The lowest BCUT2D eigenvalue weighted by atomic mass is 9.96. The highest BCUT2D eigenvalue weighted by Crippen LogP contribution is 2.29. The number of nitrogens with zero attached hydrogens (tertiary/aromatic N) is 2. The molecule has 260 valence electrons. The maximum Gasteiger partial charge on any atom is 0.319 e. The molecular weight excluding hydrogens is 639 g/mol. The summed E-state index contributed by atoms with van der Waals surface area (Å²) in [6, 6.07) is 10.3. The minimum Gasteiger partial charge on any atom is -0.490 e. The first-order valence-electron chi connectivity index (χ1n) is 17.1. The van der Waals surface area contributed by atoms with Gasteiger partial charge in [-0.2, -0.15) is 0 Å². The van der Waals surface area contributed by atoms with Crippen molar-refractivity contribution in [2.45, 2.75) is 103 Å². The quantitative estimate of drug-likeness (QED) is 0.267. The lowest BCUT2D eigenvalue weighted by Gasteiger charge is -2.36. The Kier molecular flexibility index (Phi) is 14.5. The van der Waals surface area contributed by atoms with E-state index in [1.54, 1.807) is 29.2 Å². The van der Waals surface area contributed by atoms with Gasteiger partial charge in [0, 0.05) is 43.9 Å². The van der Waals surface area contributed by atoms with Gasteiger partial charge >= 0.3 is 6.03 Å². The van der Waals surface area contributed by atoms with Crippen LogP contribution in [0.3, 0.4) is 0 Å². The minimum atomic E-state index is -0.455. The van der Waals surface area contributed by atoms with Crippen molar-refractivity contribution in [2.75, 3.05) is 38.7 Å². The number of amides is 3. The Labute approximate surface area is 290 Å². The molecule has 3 N–H and O–H groups in total. The van der Waals surface area contributed by atoms with Crippen LogP contribution in [0.5, 0.6) is 5.75 Å². The third-order valence-corrected chi connectivity index (χ3v) is 9.92. The lowest BCUT2D eigenvalue weighted by Crippen LogP contribution is -2.47. The summed E-state index contributed by atoms with van der Waals surface area (Å²) < 4.78 is 12.8. The Bertz CT molecular complexity index is 1320. The molecule has 0 aromatic heterocycles. The van der Waals surface area contributed by atoms with Crippen LogP contribution in [0.25, 0.3) is 0 Å². The topological polar surface area (TPSA) is 103 Å². The minimum absolute atomic E-state index is 0.0574. The Morgan fingerprint density at radius 1 is 1.04 bits per heavy atom. The smallest absolute Gasteiger partial charge is 0.319 e. The molecule has 1 heterocycles. The van der Waals surface area contributed by atoms with E-state index in [1.807, 2.05) is 33.0 Å². The van der Waals surface area contributed by atoms with Crippen LogP contribution >= 0.6 is 23.2 Å². The van der Waals surface area contributed by atoms with Crippen LogP contribution in [-0.4, -0.2) is 84.5 Å². The van der Waals surface area contributed by atoms with Gasteiger partial charge in [-0.1, -0.05) is 55.5 Å². The van der Waals surface area contributed by atoms with Gasteiger partial charge in [0.2, 0.25) is 0 Å². The van der Waals surface area contributed by atoms with Crippen LogP contribution in [0.4, 0.5) is 10.5 Å². The van der Waals surface area contributed by atoms with E-state index in [4.69, 9.17) is 32.7 Å². The highest BCUT2D eigenvalue weighted by Gasteiger charge is 2.30. The molecule has 0 bridgehead atoms. The third-order valence-electron chi connectivity index (χ3n) is 9.18. The number of halogens is 2. The molecular formula is C36H52Cl2N4O5. The van der Waals surface area contributed by atoms with Crippen LogP contribution in [0, 0.1) is 5.92 Å². The van der Waals surface area contributed by atoms with Gasteiger partial charge in [0.25, 0.3) is 5.91 Å². The number of aliphatic hydroxyl groups excluding tert-OH is 1. The second-order valence-corrected chi connectivity index (χ2v) is 14.2. The monoisotopic (exact) mass is 690 g/mol. The molecule has 0 radical (unpaired) electrons. The van der Waals surface area contributed by atoms with Gasteiger partial charge in [-0.3, -0.25) is 9.69 Å². The summed E-state index contributed by atoms with van der Waals surface area (Å²) in [6.45, 7) is 7.98. The molecule has 1 fully saturated rings. The number of benzene rings is 2. The molecule has 4 atom stereocenters. The molecule has 3 amide bonds. The van der Waals surface area contributed by atoms with Gasteiger partial charge in [-0.25, -0.2) is 4.79 Å². The van der Waals surface area contributed by atoms with E-state index in [0.29, 0.717) is 53.3 Å². The zero-order valence-corrected chi connectivity index (χ0v) is 29.8. The van der Waals surface area contributed by atoms with Crippen molar-refractivity contribution in [3.05, 3.63) is 57.6 Å². The van der Waals surface area contributed by atoms with Crippen molar-refractivity contribution in [3.63, 3.8) is 0 Å². The summed E-state index contributed by atoms with van der Waals surface area (Å²) in [5, 5.41) is 17.3. The van der Waals surface area contributed by atoms with E-state index in [0.717, 1.165) is 50.5 Å². The highest BCUT2D eigenvalue weighted by atomic mass is 35.5. The van der Waals surface area contributed by atoms with Crippen molar-refractivity contribution in [1.29, 1.82) is 0 Å². The number of carbonyl (C=O) groups excluding carboxylic acids is 2. The van der Waals surface area contributed by atoms with Crippen LogP contribution in [-0.2, 0) is 11.3 Å². The number of likely N-dealkylation sites (N-methyl/N-ethyl adjacent to an activating group) is 1. The fraction of sp³-hybridized carbons (Fsp3) is 0.611. The average Bonchev–Trinajstić information content (AvgIpc) is 3.04. The van der Waals surface area contributed by atoms with Crippen LogP contribution in [0.15, 0.2) is 36.4 Å². The second-order valence-electron chi connectivity index (χ2n) is 13.4. The summed E-state index contributed by atoms with van der Waals surface area (Å²) >= 11 is 12.4. The van der Waals surface area contributed by atoms with Gasteiger partial charge < -0.3 is 30.1 Å². The van der Waals surface area contributed by atoms with Crippen molar-refractivity contribution < 1.29 is 24.2 Å². The molecule has 9 nitrogen and oxygen atoms in total. The largest absolute Gasteiger partial charge is 0.490 e. The summed E-state index contributed by atoms with van der Waals surface area (Å²) in [4.78, 5) is 31.1. The van der Waals surface area contributed by atoms with E-state index >= 15 is 0 Å². The molecule has 47 heavy (non-hydrogen) atoms. The number of anilines is 1. The van der Waals surface area contributed by atoms with Crippen LogP contribution in [0.1, 0.15) is 88.1 Å². The molecule has 4 rings (SSSR count). The number of urea groups is 1. The molecule has 1 aliphatic heterocycles. The van der Waals surface area contributed by atoms with E-state index < -0.39 is 6.04 Å². The summed E-state index contributed by atoms with van der Waals surface area (Å²) in [5.74, 6) is 0.143. The van der Waals surface area contributed by atoms with Crippen LogP contribution < -0.4 is 15.4 Å². The van der Waals surface area contributed by atoms with Crippen molar-refractivity contribution >= 4 is 40.8 Å². The number of hydrogen-bond donors (Lipinski definition) is 3. The Morgan fingerprint density at radius 3 is 2.51 bits per heavy atom. The van der Waals surface area contributed by atoms with Crippen molar-refractivity contribution in [3.8, 4) is 5.75 Å². The van der Waals surface area contributed by atoms with Crippen LogP contribution in [0.2, 0.25) is 10.0 Å². The normalized spacial score (nSPS) is 22.6. The maximum atomic E-state index is 14.4. The molecule has 0 unspecified atom stereocenters. The summed E-state index contributed by atoms with van der Waals surface area (Å²) in [7, 11) is 2.04. The molecule has 1 saturated carbocycles. The number of fused-ring (bicyclic) bond motifs is 1. The number of rotatable bonds is 8. The summed E-state index contributed by atoms with van der Waals surface area (Å²) in [6.07, 6.45) is 7.69. The molecule has 0 saturated heterocycles. The standard InChI is InChI=1S/C36H52Cl2N4O5/c1-24-20-42(25(2)23-43)35(44)30-19-29(40-36(45)39-28-11-6-5-7-12-28)14-16-33(30)47-26(3)10-8-9-17-46-34(24)22-41(4)21-27-13-15-31(37)32(38)18-27/h13-16,18-19,24-26,28,34,43H,5-12,17,20-23H2,1-4H3,(H2,39,40,45)/t24-,25+,26+,34+/m1/s1. The Hall–Kier alpha value is -2.56.